The Morgan fingerprint density at radius 2 is 2.20 bits per heavy atom. The minimum Gasteiger partial charge on any atom is -0.464 e. The van der Waals surface area contributed by atoms with Crippen LogP contribution in [0.5, 0.6) is 0 Å². The Kier molecular flexibility index (Phi) is 4.43. The molecule has 112 valence electrons. The first-order chi connectivity index (χ1) is 9.37. The molecule has 1 saturated heterocycles. The Balaban J connectivity index is 2.36. The predicted octanol–water partition coefficient (Wildman–Crippen LogP) is 0.254. The molecule has 1 aromatic rings. The maximum absolute atomic E-state index is 12.7. The fourth-order valence-electron chi connectivity index (χ4n) is 2.24. The number of carbonyl (C=O) groups excluding carboxylic acids is 1. The molecule has 1 aliphatic rings. The third-order valence-electron chi connectivity index (χ3n) is 3.23. The van der Waals surface area contributed by atoms with E-state index in [1.54, 1.807) is 0 Å². The van der Waals surface area contributed by atoms with E-state index >= 15 is 0 Å². The van der Waals surface area contributed by atoms with E-state index in [0.29, 0.717) is 19.6 Å². The summed E-state index contributed by atoms with van der Waals surface area (Å²) >= 11 is 0.941. The summed E-state index contributed by atoms with van der Waals surface area (Å²) < 4.78 is 31.3. The molecule has 0 saturated carbocycles. The van der Waals surface area contributed by atoms with E-state index in [0.717, 1.165) is 11.3 Å². The van der Waals surface area contributed by atoms with E-state index < -0.39 is 16.0 Å². The van der Waals surface area contributed by atoms with E-state index in [9.17, 15) is 13.2 Å². The molecule has 0 bridgehead atoms. The smallest absolute Gasteiger partial charge is 0.358 e. The van der Waals surface area contributed by atoms with Crippen molar-refractivity contribution in [2.45, 2.75) is 17.2 Å². The van der Waals surface area contributed by atoms with Crippen LogP contribution in [0.25, 0.3) is 0 Å². The second-order valence-corrected chi connectivity index (χ2v) is 7.65. The molecule has 0 N–H and O–H groups in total. The fourth-order valence-corrected chi connectivity index (χ4v) is 5.10. The molecule has 0 aromatic carbocycles. The largest absolute Gasteiger partial charge is 0.464 e. The Morgan fingerprint density at radius 1 is 1.50 bits per heavy atom. The van der Waals surface area contributed by atoms with Crippen LogP contribution < -0.4 is 0 Å². The molecule has 1 unspecified atom stereocenters. The van der Waals surface area contributed by atoms with Gasteiger partial charge in [-0.05, 0) is 14.0 Å². The highest BCUT2D eigenvalue weighted by molar-refractivity contribution is 7.91. The Bertz CT molecular complexity index is 599. The highest BCUT2D eigenvalue weighted by atomic mass is 32.2. The molecule has 2 heterocycles. The summed E-state index contributed by atoms with van der Waals surface area (Å²) in [6, 6.07) is -0.147. The van der Waals surface area contributed by atoms with Gasteiger partial charge in [-0.2, -0.15) is 4.31 Å². The molecule has 1 aliphatic heterocycles. The molecule has 1 atom stereocenters. The van der Waals surface area contributed by atoms with Gasteiger partial charge in [0.25, 0.3) is 10.0 Å². The number of sulfonamides is 1. The number of aromatic nitrogens is 1. The summed E-state index contributed by atoms with van der Waals surface area (Å²) in [5.74, 6) is -0.730. The summed E-state index contributed by atoms with van der Waals surface area (Å²) in [6.07, 6.45) is 0. The third kappa shape index (κ3) is 2.71. The van der Waals surface area contributed by atoms with Gasteiger partial charge in [0.2, 0.25) is 0 Å². The Morgan fingerprint density at radius 3 is 2.80 bits per heavy atom. The monoisotopic (exact) mass is 319 g/mol. The number of methoxy groups -OCH3 is 1. The van der Waals surface area contributed by atoms with Gasteiger partial charge in [-0.25, -0.2) is 18.2 Å². The highest BCUT2D eigenvalue weighted by Crippen LogP contribution is 2.27. The molecule has 0 radical (unpaired) electrons. The molecule has 0 amide bonds. The zero-order valence-electron chi connectivity index (χ0n) is 11.6. The summed E-state index contributed by atoms with van der Waals surface area (Å²) in [7, 11) is -0.559. The number of nitrogens with zero attached hydrogens (tertiary/aromatic N) is 3. The van der Waals surface area contributed by atoms with Crippen molar-refractivity contribution in [3.8, 4) is 0 Å². The van der Waals surface area contributed by atoms with E-state index in [1.165, 1.54) is 16.9 Å². The normalized spacial score (nSPS) is 21.9. The van der Waals surface area contributed by atoms with Crippen LogP contribution in [0, 0.1) is 0 Å². The number of hydrogen-bond acceptors (Lipinski definition) is 7. The molecular formula is C11H17N3O4S2. The number of ether oxygens (including phenoxy) is 1. The lowest BCUT2D eigenvalue weighted by Gasteiger charge is -2.36. The van der Waals surface area contributed by atoms with Gasteiger partial charge in [-0.1, -0.05) is 0 Å². The van der Waals surface area contributed by atoms with Gasteiger partial charge in [0.15, 0.2) is 9.90 Å². The van der Waals surface area contributed by atoms with E-state index in [2.05, 4.69) is 14.6 Å². The fraction of sp³-hybridized carbons (Fsp3) is 0.636. The zero-order valence-corrected chi connectivity index (χ0v) is 13.2. The quantitative estimate of drug-likeness (QED) is 0.743. The van der Waals surface area contributed by atoms with Crippen LogP contribution in [0.15, 0.2) is 9.72 Å². The maximum Gasteiger partial charge on any atom is 0.358 e. The number of piperazine rings is 1. The van der Waals surface area contributed by atoms with Crippen LogP contribution in [-0.2, 0) is 14.8 Å². The lowest BCUT2D eigenvalue weighted by atomic mass is 10.2. The number of esters is 1. The molecule has 1 aromatic heterocycles. The van der Waals surface area contributed by atoms with Crippen LogP contribution in [0.4, 0.5) is 0 Å². The first kappa shape index (κ1) is 15.4. The van der Waals surface area contributed by atoms with Crippen molar-refractivity contribution >= 4 is 27.3 Å². The van der Waals surface area contributed by atoms with Crippen molar-refractivity contribution in [3.63, 3.8) is 0 Å². The SMILES string of the molecule is COC(=O)c1ncsc1S(=O)(=O)N1CCN(C)CC1C. The number of rotatable bonds is 3. The number of carbonyl (C=O) groups is 1. The Labute approximate surface area is 122 Å². The summed E-state index contributed by atoms with van der Waals surface area (Å²) in [5, 5.41) is 0. The van der Waals surface area contributed by atoms with Crippen molar-refractivity contribution in [3.05, 3.63) is 11.2 Å². The summed E-state index contributed by atoms with van der Waals surface area (Å²) in [6.45, 7) is 3.58. The number of likely N-dealkylation sites (N-methyl/N-ethyl adjacent to an activating group) is 1. The lowest BCUT2D eigenvalue weighted by Crippen LogP contribution is -2.52. The molecule has 9 heteroatoms. The van der Waals surface area contributed by atoms with E-state index in [4.69, 9.17) is 0 Å². The minimum atomic E-state index is -3.72. The molecule has 20 heavy (non-hydrogen) atoms. The first-order valence-electron chi connectivity index (χ1n) is 6.10. The van der Waals surface area contributed by atoms with E-state index in [-0.39, 0.29) is 15.9 Å². The molecule has 0 spiro atoms. The van der Waals surface area contributed by atoms with Gasteiger partial charge in [0, 0.05) is 25.7 Å². The molecule has 0 aliphatic carbocycles. The highest BCUT2D eigenvalue weighted by Gasteiger charge is 2.36. The molecule has 2 rings (SSSR count). The predicted molar refractivity (Wildman–Crippen MR) is 74.3 cm³/mol. The van der Waals surface area contributed by atoms with Gasteiger partial charge in [0.05, 0.1) is 12.6 Å². The average Bonchev–Trinajstić information content (AvgIpc) is 2.87. The molecule has 1 fully saturated rings. The second kappa shape index (κ2) is 5.76. The minimum absolute atomic E-state index is 0.0410. The van der Waals surface area contributed by atoms with Gasteiger partial charge < -0.3 is 9.64 Å². The number of thiazole rings is 1. The molecular weight excluding hydrogens is 302 g/mol. The number of hydrogen-bond donors (Lipinski definition) is 0. The van der Waals surface area contributed by atoms with Crippen molar-refractivity contribution < 1.29 is 17.9 Å². The average molecular weight is 319 g/mol. The van der Waals surface area contributed by atoms with Crippen LogP contribution in [0.3, 0.4) is 0 Å². The van der Waals surface area contributed by atoms with Crippen LogP contribution in [0.1, 0.15) is 17.4 Å². The van der Waals surface area contributed by atoms with Crippen LogP contribution >= 0.6 is 11.3 Å². The standard InChI is InChI=1S/C11H17N3O4S2/c1-8-6-13(2)4-5-14(8)20(16,17)11-9(10(15)18-3)12-7-19-11/h7-8H,4-6H2,1-3H3. The summed E-state index contributed by atoms with van der Waals surface area (Å²) in [5.41, 5.74) is 1.21. The van der Waals surface area contributed by atoms with Crippen molar-refractivity contribution in [2.75, 3.05) is 33.8 Å². The van der Waals surface area contributed by atoms with Crippen molar-refractivity contribution in [2.24, 2.45) is 0 Å². The van der Waals surface area contributed by atoms with Crippen LogP contribution in [0.2, 0.25) is 0 Å². The lowest BCUT2D eigenvalue weighted by molar-refractivity contribution is 0.0590. The van der Waals surface area contributed by atoms with Crippen LogP contribution in [-0.4, -0.2) is 68.4 Å². The van der Waals surface area contributed by atoms with E-state index in [1.807, 2.05) is 14.0 Å². The van der Waals surface area contributed by atoms with Gasteiger partial charge in [0.1, 0.15) is 0 Å². The topological polar surface area (TPSA) is 79.8 Å². The first-order valence-corrected chi connectivity index (χ1v) is 8.42. The van der Waals surface area contributed by atoms with Crippen molar-refractivity contribution in [1.29, 1.82) is 0 Å². The third-order valence-corrected chi connectivity index (χ3v) is 6.59. The van der Waals surface area contributed by atoms with Crippen molar-refractivity contribution in [1.82, 2.24) is 14.2 Å². The Hall–Kier alpha value is -1.03. The van der Waals surface area contributed by atoms with Gasteiger partial charge in [-0.15, -0.1) is 11.3 Å². The summed E-state index contributed by atoms with van der Waals surface area (Å²) in [4.78, 5) is 17.5. The maximum atomic E-state index is 12.7. The van der Waals surface area contributed by atoms with Gasteiger partial charge >= 0.3 is 5.97 Å². The second-order valence-electron chi connectivity index (χ2n) is 4.71. The zero-order chi connectivity index (χ0) is 14.9. The van der Waals surface area contributed by atoms with Gasteiger partial charge in [-0.3, -0.25) is 0 Å². The molecule has 7 nitrogen and oxygen atoms in total.